The molecule has 4 heterocycles. The van der Waals surface area contributed by atoms with Crippen LogP contribution in [0.4, 0.5) is 0 Å². The van der Waals surface area contributed by atoms with Gasteiger partial charge < -0.3 is 4.42 Å². The minimum atomic E-state index is -2.32. The van der Waals surface area contributed by atoms with Crippen LogP contribution in [0.5, 0.6) is 0 Å². The molecule has 4 aromatic heterocycles. The first-order valence-electron chi connectivity index (χ1n) is 14.5. The monoisotopic (exact) mass is 526 g/mol. The Balaban J connectivity index is 1.48. The molecule has 39 heavy (non-hydrogen) atoms. The largest absolute Gasteiger partial charge is 0.437 e. The van der Waals surface area contributed by atoms with E-state index in [1.165, 1.54) is 25.7 Å². The molecule has 4 aromatic carbocycles. The third-order valence-corrected chi connectivity index (χ3v) is 8.78. The number of pyridine rings is 1. The van der Waals surface area contributed by atoms with Crippen LogP contribution >= 0.6 is 11.3 Å². The second-order valence-corrected chi connectivity index (χ2v) is 11.3. The lowest BCUT2D eigenvalue weighted by molar-refractivity contribution is 0.653. The minimum Gasteiger partial charge on any atom is -0.437 e. The standard InChI is InChI=1S/C34H25N3OS/c1-19(2)21-17-18-28(30-24-9-4-7-14-29(24)39-32(21)30)37-27-13-6-5-12-26(27)36-33(37)25-11-8-10-22-23-16-15-20(3)35-34(23)38-31(22)25/h4-19H,1-3H3/i3D3. The van der Waals surface area contributed by atoms with Crippen LogP contribution in [0.2, 0.25) is 0 Å². The average molecular weight is 527 g/mol. The van der Waals surface area contributed by atoms with E-state index in [0.717, 1.165) is 38.9 Å². The van der Waals surface area contributed by atoms with Gasteiger partial charge in [0.2, 0.25) is 5.71 Å². The van der Waals surface area contributed by atoms with Crippen molar-refractivity contribution in [1.29, 1.82) is 0 Å². The summed E-state index contributed by atoms with van der Waals surface area (Å²) in [5.41, 5.74) is 6.03. The molecule has 0 amide bonds. The van der Waals surface area contributed by atoms with Gasteiger partial charge in [0.05, 0.1) is 22.3 Å². The van der Waals surface area contributed by atoms with Gasteiger partial charge in [-0.2, -0.15) is 0 Å². The van der Waals surface area contributed by atoms with Crippen molar-refractivity contribution < 1.29 is 8.53 Å². The van der Waals surface area contributed by atoms with Gasteiger partial charge in [0.1, 0.15) is 11.4 Å². The number of benzene rings is 4. The third kappa shape index (κ3) is 3.23. The van der Waals surface area contributed by atoms with Gasteiger partial charge in [-0.3, -0.25) is 4.57 Å². The fraction of sp³-hybridized carbons (Fsp3) is 0.118. The molecule has 0 radical (unpaired) electrons. The zero-order chi connectivity index (χ0) is 28.7. The zero-order valence-corrected chi connectivity index (χ0v) is 22.2. The first-order chi connectivity index (χ1) is 20.3. The van der Waals surface area contributed by atoms with E-state index in [4.69, 9.17) is 13.5 Å². The second kappa shape index (κ2) is 8.26. The number of thiophene rings is 1. The SMILES string of the molecule is [2H]C([2H])([2H])c1ccc2c(n1)oc1c(-c3nc4ccccc4n3-c3ccc(C(C)C)c4sc5ccccc5c34)cccc12. The van der Waals surface area contributed by atoms with E-state index in [0.29, 0.717) is 17.2 Å². The van der Waals surface area contributed by atoms with Crippen molar-refractivity contribution in [3.8, 4) is 17.1 Å². The highest BCUT2D eigenvalue weighted by atomic mass is 32.1. The zero-order valence-electron chi connectivity index (χ0n) is 24.4. The van der Waals surface area contributed by atoms with Crippen molar-refractivity contribution >= 4 is 64.6 Å². The normalized spacial score (nSPS) is 13.7. The van der Waals surface area contributed by atoms with Crippen LogP contribution in [-0.2, 0) is 0 Å². The van der Waals surface area contributed by atoms with E-state index < -0.39 is 6.85 Å². The molecule has 8 aromatic rings. The van der Waals surface area contributed by atoms with Crippen molar-refractivity contribution in [3.63, 3.8) is 0 Å². The van der Waals surface area contributed by atoms with E-state index in [9.17, 15) is 0 Å². The Morgan fingerprint density at radius 2 is 1.67 bits per heavy atom. The molecule has 0 saturated carbocycles. The Bertz CT molecular complexity index is 2340. The lowest BCUT2D eigenvalue weighted by Gasteiger charge is -2.15. The minimum absolute atomic E-state index is 0.0137. The summed E-state index contributed by atoms with van der Waals surface area (Å²) in [6, 6.07) is 30.6. The van der Waals surface area contributed by atoms with Crippen molar-refractivity contribution in [3.05, 3.63) is 102 Å². The topological polar surface area (TPSA) is 43.9 Å². The molecule has 0 aliphatic heterocycles. The highest BCUT2D eigenvalue weighted by Crippen LogP contribution is 2.44. The summed E-state index contributed by atoms with van der Waals surface area (Å²) >= 11 is 1.84. The number of hydrogen-bond acceptors (Lipinski definition) is 4. The first kappa shape index (κ1) is 19.6. The van der Waals surface area contributed by atoms with Crippen molar-refractivity contribution in [2.75, 3.05) is 0 Å². The third-order valence-electron chi connectivity index (χ3n) is 7.56. The van der Waals surface area contributed by atoms with Gasteiger partial charge in [-0.15, -0.1) is 11.3 Å². The maximum atomic E-state index is 7.81. The number of para-hydroxylation sites is 3. The van der Waals surface area contributed by atoms with Gasteiger partial charge >= 0.3 is 0 Å². The summed E-state index contributed by atoms with van der Waals surface area (Å²) in [6.45, 7) is 2.16. The van der Waals surface area contributed by atoms with Crippen molar-refractivity contribution in [1.82, 2.24) is 14.5 Å². The van der Waals surface area contributed by atoms with Crippen molar-refractivity contribution in [2.24, 2.45) is 0 Å². The molecule has 0 bridgehead atoms. The molecule has 188 valence electrons. The van der Waals surface area contributed by atoms with Crippen LogP contribution < -0.4 is 0 Å². The van der Waals surface area contributed by atoms with Crippen LogP contribution in [-0.4, -0.2) is 14.5 Å². The molecule has 0 N–H and O–H groups in total. The van der Waals surface area contributed by atoms with E-state index in [1.807, 2.05) is 47.7 Å². The highest BCUT2D eigenvalue weighted by Gasteiger charge is 2.23. The Hall–Kier alpha value is -4.48. The summed E-state index contributed by atoms with van der Waals surface area (Å²) in [4.78, 5) is 9.54. The van der Waals surface area contributed by atoms with Crippen molar-refractivity contribution in [2.45, 2.75) is 26.6 Å². The number of fused-ring (bicyclic) bond motifs is 7. The van der Waals surface area contributed by atoms with Gasteiger partial charge in [0.15, 0.2) is 0 Å². The molecular formula is C34H25N3OS. The Kier molecular flexibility index (Phi) is 4.14. The van der Waals surface area contributed by atoms with Crippen LogP contribution in [0.25, 0.3) is 70.3 Å². The molecular weight excluding hydrogens is 498 g/mol. The molecule has 5 heteroatoms. The number of imidazole rings is 1. The molecule has 0 aliphatic rings. The molecule has 0 aliphatic carbocycles. The molecule has 4 nitrogen and oxygen atoms in total. The van der Waals surface area contributed by atoms with Crippen LogP contribution in [0.1, 0.15) is 35.1 Å². The Labute approximate surface area is 233 Å². The number of furan rings is 1. The number of aryl methyl sites for hydroxylation is 1. The van der Waals surface area contributed by atoms with Gasteiger partial charge in [-0.25, -0.2) is 9.97 Å². The van der Waals surface area contributed by atoms with Gasteiger partial charge in [-0.1, -0.05) is 62.4 Å². The van der Waals surface area contributed by atoms with Gasteiger partial charge in [0, 0.05) is 40.8 Å². The molecule has 0 unspecified atom stereocenters. The van der Waals surface area contributed by atoms with Gasteiger partial charge in [0.25, 0.3) is 0 Å². The highest BCUT2D eigenvalue weighted by molar-refractivity contribution is 7.26. The maximum absolute atomic E-state index is 7.81. The Morgan fingerprint density at radius 1 is 0.821 bits per heavy atom. The van der Waals surface area contributed by atoms with Crippen LogP contribution in [0, 0.1) is 6.85 Å². The van der Waals surface area contributed by atoms with E-state index in [-0.39, 0.29) is 5.69 Å². The number of rotatable bonds is 3. The lowest BCUT2D eigenvalue weighted by Crippen LogP contribution is -2.00. The molecule has 0 fully saturated rings. The molecule has 0 saturated heterocycles. The average Bonchev–Trinajstić information content (AvgIpc) is 3.67. The molecule has 0 atom stereocenters. The first-order valence-corrected chi connectivity index (χ1v) is 13.9. The fourth-order valence-electron chi connectivity index (χ4n) is 5.78. The summed E-state index contributed by atoms with van der Waals surface area (Å²) < 4.78 is 34.6. The summed E-state index contributed by atoms with van der Waals surface area (Å²) in [7, 11) is 0. The fourth-order valence-corrected chi connectivity index (χ4v) is 7.16. The van der Waals surface area contributed by atoms with Crippen LogP contribution in [0.3, 0.4) is 0 Å². The smallest absolute Gasteiger partial charge is 0.227 e. The molecule has 8 rings (SSSR count). The number of hydrogen-bond donors (Lipinski definition) is 0. The summed E-state index contributed by atoms with van der Waals surface area (Å²) in [5, 5.41) is 4.08. The number of aromatic nitrogens is 3. The van der Waals surface area contributed by atoms with E-state index in [2.05, 4.69) is 65.9 Å². The predicted octanol–water partition coefficient (Wildman–Crippen LogP) is 9.79. The quantitative estimate of drug-likeness (QED) is 0.230. The number of nitrogens with zero attached hydrogens (tertiary/aromatic N) is 3. The molecule has 0 spiro atoms. The van der Waals surface area contributed by atoms with Gasteiger partial charge in [-0.05, 0) is 60.8 Å². The van der Waals surface area contributed by atoms with Crippen LogP contribution in [0.15, 0.2) is 95.4 Å². The predicted molar refractivity (Wildman–Crippen MR) is 163 cm³/mol. The lowest BCUT2D eigenvalue weighted by atomic mass is 9.99. The van der Waals surface area contributed by atoms with E-state index >= 15 is 0 Å². The second-order valence-electron chi connectivity index (χ2n) is 10.2. The van der Waals surface area contributed by atoms with E-state index in [1.54, 1.807) is 12.1 Å². The summed E-state index contributed by atoms with van der Waals surface area (Å²) in [5.74, 6) is 1.14. The maximum Gasteiger partial charge on any atom is 0.227 e. The summed E-state index contributed by atoms with van der Waals surface area (Å²) in [6.07, 6.45) is 0. The Morgan fingerprint density at radius 3 is 2.56 bits per heavy atom.